The summed E-state index contributed by atoms with van der Waals surface area (Å²) in [4.78, 5) is 23.3. The van der Waals surface area contributed by atoms with Crippen molar-refractivity contribution in [1.82, 2.24) is 0 Å². The summed E-state index contributed by atoms with van der Waals surface area (Å²) in [6, 6.07) is 0. The molecule has 2 saturated carbocycles. The Morgan fingerprint density at radius 1 is 1.43 bits per heavy atom. The summed E-state index contributed by atoms with van der Waals surface area (Å²) in [5, 5.41) is 0. The van der Waals surface area contributed by atoms with Gasteiger partial charge in [0.2, 0.25) is 0 Å². The maximum Gasteiger partial charge on any atom is 0.316 e. The average molecular weight is 196 g/mol. The van der Waals surface area contributed by atoms with Crippen LogP contribution in [-0.2, 0) is 14.3 Å². The van der Waals surface area contributed by atoms with Crippen LogP contribution in [-0.4, -0.2) is 18.9 Å². The molecule has 2 fully saturated rings. The van der Waals surface area contributed by atoms with E-state index in [0.717, 1.165) is 12.8 Å². The Hall–Kier alpha value is -0.860. The predicted molar refractivity (Wildman–Crippen MR) is 50.6 cm³/mol. The van der Waals surface area contributed by atoms with E-state index in [4.69, 9.17) is 4.74 Å². The molecule has 3 nitrogen and oxygen atoms in total. The third-order valence-electron chi connectivity index (χ3n) is 4.54. The number of fused-ring (bicyclic) bond motifs is 1. The molecule has 0 amide bonds. The topological polar surface area (TPSA) is 43.4 Å². The fraction of sp³-hybridized carbons (Fsp3) is 0.818. The minimum Gasteiger partial charge on any atom is -0.468 e. The van der Waals surface area contributed by atoms with Crippen LogP contribution in [0.15, 0.2) is 0 Å². The third kappa shape index (κ3) is 0.877. The molecule has 0 aromatic heterocycles. The second-order valence-electron chi connectivity index (χ2n) is 5.08. The highest BCUT2D eigenvalue weighted by Gasteiger charge is 2.66. The Morgan fingerprint density at radius 2 is 2.07 bits per heavy atom. The number of hydrogen-bond acceptors (Lipinski definition) is 3. The molecule has 14 heavy (non-hydrogen) atoms. The van der Waals surface area contributed by atoms with Gasteiger partial charge in [-0.05, 0) is 23.7 Å². The van der Waals surface area contributed by atoms with Gasteiger partial charge in [-0.25, -0.2) is 0 Å². The highest BCUT2D eigenvalue weighted by molar-refractivity contribution is 6.02. The second-order valence-corrected chi connectivity index (χ2v) is 5.08. The third-order valence-corrected chi connectivity index (χ3v) is 4.54. The number of ether oxygens (including phenoxy) is 1. The Labute approximate surface area is 83.8 Å². The van der Waals surface area contributed by atoms with Crippen molar-refractivity contribution < 1.29 is 14.3 Å². The Bertz CT molecular complexity index is 310. The first-order chi connectivity index (χ1) is 6.44. The van der Waals surface area contributed by atoms with Crippen LogP contribution in [0.25, 0.3) is 0 Å². The number of rotatable bonds is 1. The number of Topliss-reactive ketones (excluding diaryl/α,β-unsaturated/α-hetero) is 1. The minimum atomic E-state index is -0.508. The van der Waals surface area contributed by atoms with E-state index in [0.29, 0.717) is 6.42 Å². The van der Waals surface area contributed by atoms with Gasteiger partial charge in [0, 0.05) is 6.42 Å². The zero-order valence-corrected chi connectivity index (χ0v) is 8.92. The fourth-order valence-corrected chi connectivity index (χ4v) is 3.08. The molecule has 0 heterocycles. The maximum atomic E-state index is 11.7. The van der Waals surface area contributed by atoms with Crippen LogP contribution in [0, 0.1) is 16.7 Å². The minimum absolute atomic E-state index is 0.0446. The van der Waals surface area contributed by atoms with Crippen molar-refractivity contribution in [2.45, 2.75) is 33.1 Å². The summed E-state index contributed by atoms with van der Waals surface area (Å²) in [6.07, 6.45) is 2.57. The van der Waals surface area contributed by atoms with Crippen molar-refractivity contribution in [2.75, 3.05) is 7.11 Å². The van der Waals surface area contributed by atoms with Crippen LogP contribution in [0.5, 0.6) is 0 Å². The molecule has 3 heteroatoms. The molecule has 0 N–H and O–H groups in total. The van der Waals surface area contributed by atoms with Crippen molar-refractivity contribution in [2.24, 2.45) is 16.7 Å². The van der Waals surface area contributed by atoms with E-state index in [2.05, 4.69) is 6.92 Å². The van der Waals surface area contributed by atoms with Crippen molar-refractivity contribution in [3.8, 4) is 0 Å². The number of methoxy groups -OCH3 is 1. The van der Waals surface area contributed by atoms with Crippen molar-refractivity contribution in [3.05, 3.63) is 0 Å². The van der Waals surface area contributed by atoms with Crippen molar-refractivity contribution in [1.29, 1.82) is 0 Å². The van der Waals surface area contributed by atoms with Gasteiger partial charge in [-0.15, -0.1) is 0 Å². The van der Waals surface area contributed by atoms with E-state index >= 15 is 0 Å². The molecule has 1 unspecified atom stereocenters. The molecule has 2 aliphatic carbocycles. The van der Waals surface area contributed by atoms with Crippen LogP contribution in [0.3, 0.4) is 0 Å². The monoisotopic (exact) mass is 196 g/mol. The molecular weight excluding hydrogens is 180 g/mol. The van der Waals surface area contributed by atoms with Crippen LogP contribution in [0.1, 0.15) is 33.1 Å². The summed E-state index contributed by atoms with van der Waals surface area (Å²) in [5.41, 5.74) is -0.0971. The van der Waals surface area contributed by atoms with Gasteiger partial charge < -0.3 is 4.74 Å². The fourth-order valence-electron chi connectivity index (χ4n) is 3.08. The van der Waals surface area contributed by atoms with Crippen LogP contribution >= 0.6 is 0 Å². The molecule has 2 rings (SSSR count). The van der Waals surface area contributed by atoms with Crippen molar-refractivity contribution >= 4 is 11.8 Å². The number of esters is 1. The zero-order valence-electron chi connectivity index (χ0n) is 8.92. The van der Waals surface area contributed by atoms with Gasteiger partial charge in [-0.2, -0.15) is 0 Å². The molecule has 0 aliphatic heterocycles. The number of ketones is 1. The number of carbonyl (C=O) groups is 2. The number of carbonyl (C=O) groups excluding carboxylic acids is 2. The van der Waals surface area contributed by atoms with Crippen LogP contribution < -0.4 is 0 Å². The van der Waals surface area contributed by atoms with E-state index < -0.39 is 5.92 Å². The van der Waals surface area contributed by atoms with Gasteiger partial charge in [-0.3, -0.25) is 9.59 Å². The standard InChI is InChI=1S/C11H16O3/c1-10-4-5-11(10,2)8(7(12)6-10)9(13)14-3/h8H,4-6H2,1-3H3/t8?,10-,11+/m0/s1. The van der Waals surface area contributed by atoms with Gasteiger partial charge in [-0.1, -0.05) is 13.8 Å². The normalized spacial score (nSPS) is 45.6. The largest absolute Gasteiger partial charge is 0.468 e. The average Bonchev–Trinajstić information content (AvgIpc) is 2.26. The Morgan fingerprint density at radius 3 is 2.43 bits per heavy atom. The lowest BCUT2D eigenvalue weighted by Crippen LogP contribution is -2.48. The summed E-state index contributed by atoms with van der Waals surface area (Å²) in [6.45, 7) is 4.15. The SMILES string of the molecule is COC(=O)C1C(=O)C[C@]2(C)CC[C@]12C. The van der Waals surface area contributed by atoms with Gasteiger partial charge in [0.1, 0.15) is 11.7 Å². The van der Waals surface area contributed by atoms with Gasteiger partial charge in [0.05, 0.1) is 7.11 Å². The molecule has 0 saturated heterocycles. The molecule has 0 radical (unpaired) electrons. The molecule has 2 aliphatic rings. The van der Waals surface area contributed by atoms with E-state index in [1.54, 1.807) is 0 Å². The summed E-state index contributed by atoms with van der Waals surface area (Å²) < 4.78 is 4.71. The summed E-state index contributed by atoms with van der Waals surface area (Å²) in [7, 11) is 1.35. The van der Waals surface area contributed by atoms with E-state index in [9.17, 15) is 9.59 Å². The smallest absolute Gasteiger partial charge is 0.316 e. The predicted octanol–water partition coefficient (Wildman–Crippen LogP) is 1.55. The first-order valence-electron chi connectivity index (χ1n) is 5.05. The van der Waals surface area contributed by atoms with Gasteiger partial charge >= 0.3 is 5.97 Å². The van der Waals surface area contributed by atoms with Crippen LogP contribution in [0.2, 0.25) is 0 Å². The molecule has 0 aromatic carbocycles. The van der Waals surface area contributed by atoms with Gasteiger partial charge in [0.15, 0.2) is 0 Å². The van der Waals surface area contributed by atoms with E-state index in [1.165, 1.54) is 7.11 Å². The molecule has 0 bridgehead atoms. The molecule has 0 aromatic rings. The Balaban J connectivity index is 2.34. The molecular formula is C11H16O3. The molecule has 3 atom stereocenters. The second kappa shape index (κ2) is 2.59. The Kier molecular flexibility index (Phi) is 1.79. The first-order valence-corrected chi connectivity index (χ1v) is 5.05. The maximum absolute atomic E-state index is 11.7. The summed E-state index contributed by atoms with van der Waals surface area (Å²) >= 11 is 0. The molecule has 0 spiro atoms. The lowest BCUT2D eigenvalue weighted by atomic mass is 9.50. The van der Waals surface area contributed by atoms with Crippen LogP contribution in [0.4, 0.5) is 0 Å². The van der Waals surface area contributed by atoms with Crippen molar-refractivity contribution in [3.63, 3.8) is 0 Å². The number of hydrogen-bond donors (Lipinski definition) is 0. The highest BCUT2D eigenvalue weighted by atomic mass is 16.5. The quantitative estimate of drug-likeness (QED) is 0.472. The zero-order chi connectivity index (χ0) is 10.6. The lowest BCUT2D eigenvalue weighted by molar-refractivity contribution is -0.158. The lowest BCUT2D eigenvalue weighted by Gasteiger charge is -2.52. The summed E-state index contributed by atoms with van der Waals surface area (Å²) in [5.74, 6) is -0.786. The van der Waals surface area contributed by atoms with E-state index in [-0.39, 0.29) is 22.6 Å². The highest BCUT2D eigenvalue weighted by Crippen LogP contribution is 2.67. The molecule has 78 valence electrons. The first kappa shape index (κ1) is 9.69. The van der Waals surface area contributed by atoms with E-state index in [1.807, 2.05) is 6.92 Å². The van der Waals surface area contributed by atoms with Gasteiger partial charge in [0.25, 0.3) is 0 Å².